The summed E-state index contributed by atoms with van der Waals surface area (Å²) >= 11 is 0. The molecule has 0 bridgehead atoms. The van der Waals surface area contributed by atoms with E-state index in [1.54, 1.807) is 0 Å². The van der Waals surface area contributed by atoms with Gasteiger partial charge in [-0.3, -0.25) is 19.9 Å². The van der Waals surface area contributed by atoms with Crippen LogP contribution in [0.25, 0.3) is 11.1 Å². The summed E-state index contributed by atoms with van der Waals surface area (Å²) in [4.78, 5) is 78.4. The van der Waals surface area contributed by atoms with Gasteiger partial charge in [-0.2, -0.15) is 0 Å². The second-order valence-corrected chi connectivity index (χ2v) is 12.3. The van der Waals surface area contributed by atoms with Crippen LogP contribution >= 0.6 is 0 Å². The summed E-state index contributed by atoms with van der Waals surface area (Å²) in [6.45, 7) is 1.05. The Balaban J connectivity index is 1.17. The molecule has 14 nitrogen and oxygen atoms in total. The summed E-state index contributed by atoms with van der Waals surface area (Å²) < 4.78 is 13.9. The molecule has 0 saturated heterocycles. The molecule has 0 aliphatic carbocycles. The van der Waals surface area contributed by atoms with Gasteiger partial charge in [-0.1, -0.05) is 84.9 Å². The second-order valence-electron chi connectivity index (χ2n) is 12.3. The van der Waals surface area contributed by atoms with Crippen molar-refractivity contribution in [1.82, 2.24) is 29.1 Å². The third kappa shape index (κ3) is 9.28. The summed E-state index contributed by atoms with van der Waals surface area (Å²) in [5.74, 6) is 1.34. The number of aromatic amines is 4. The molecule has 0 spiro atoms. The maximum atomic E-state index is 11.9. The van der Waals surface area contributed by atoms with E-state index < -0.39 is 34.1 Å². The van der Waals surface area contributed by atoms with Gasteiger partial charge in [0.2, 0.25) is 0 Å². The van der Waals surface area contributed by atoms with Crippen molar-refractivity contribution in [3.05, 3.63) is 194 Å². The van der Waals surface area contributed by atoms with E-state index in [1.165, 1.54) is 0 Å². The quantitative estimate of drug-likeness (QED) is 0.0859. The Morgan fingerprint density at radius 3 is 1.06 bits per heavy atom. The first kappa shape index (κ1) is 36.8. The van der Waals surface area contributed by atoms with Crippen molar-refractivity contribution in [1.29, 1.82) is 0 Å². The van der Waals surface area contributed by atoms with Gasteiger partial charge in [-0.05, 0) is 83.3 Å². The summed E-state index contributed by atoms with van der Waals surface area (Å²) in [7, 11) is 0. The molecule has 276 valence electrons. The predicted molar refractivity (Wildman–Crippen MR) is 204 cm³/mol. The van der Waals surface area contributed by atoms with Gasteiger partial charge in [0.05, 0.1) is 13.2 Å². The third-order valence-electron chi connectivity index (χ3n) is 8.61. The summed E-state index contributed by atoms with van der Waals surface area (Å²) in [5, 5.41) is 0. The Labute approximate surface area is 307 Å². The molecule has 0 aliphatic rings. The first-order valence-electron chi connectivity index (χ1n) is 17.5. The fourth-order valence-electron chi connectivity index (χ4n) is 5.99. The van der Waals surface area contributed by atoms with Crippen LogP contribution in [-0.2, 0) is 13.1 Å². The van der Waals surface area contributed by atoms with Gasteiger partial charge in [0, 0.05) is 13.1 Å². The van der Waals surface area contributed by atoms with Crippen LogP contribution < -0.4 is 43.6 Å². The molecule has 0 unspecified atom stereocenters. The lowest BCUT2D eigenvalue weighted by atomic mass is 9.86. The van der Waals surface area contributed by atoms with E-state index in [0.717, 1.165) is 42.5 Å². The highest BCUT2D eigenvalue weighted by Gasteiger charge is 2.17. The number of hydrogen-bond donors (Lipinski definition) is 4. The second kappa shape index (κ2) is 17.5. The van der Waals surface area contributed by atoms with Gasteiger partial charge in [-0.25, -0.2) is 37.9 Å². The van der Waals surface area contributed by atoms with Crippen molar-refractivity contribution >= 4 is 11.1 Å². The standard InChI is InChI=1S/C40H38N6O8/c47-35-41-37(49)45(38(50)42-35)23-7-9-25-53-31-19-15-29(16-20-31)33(27-11-3-1-4-12-27)34(28-13-5-2-6-14-28)30-17-21-32(22-18-30)54-26-10-8-24-46-39(51)43-36(48)44-40(46)52/h1-6,11-22H,7-10,23-26H2,(H2,41,42,47,49,50)(H2,43,44,48,51,52)/b34-33+. The lowest BCUT2D eigenvalue weighted by Gasteiger charge is -2.19. The van der Waals surface area contributed by atoms with Gasteiger partial charge in [0.15, 0.2) is 0 Å². The molecule has 0 fully saturated rings. The molecule has 14 heteroatoms. The van der Waals surface area contributed by atoms with Crippen molar-refractivity contribution in [2.45, 2.75) is 38.8 Å². The first-order chi connectivity index (χ1) is 26.3. The molecule has 54 heavy (non-hydrogen) atoms. The van der Waals surface area contributed by atoms with Gasteiger partial charge >= 0.3 is 34.1 Å². The van der Waals surface area contributed by atoms with Crippen molar-refractivity contribution in [2.75, 3.05) is 13.2 Å². The molecule has 6 rings (SSSR count). The highest BCUT2D eigenvalue weighted by molar-refractivity contribution is 6.04. The van der Waals surface area contributed by atoms with E-state index >= 15 is 0 Å². The number of benzene rings is 4. The third-order valence-corrected chi connectivity index (χ3v) is 8.61. The highest BCUT2D eigenvalue weighted by Crippen LogP contribution is 2.37. The van der Waals surface area contributed by atoms with Crippen LogP contribution in [0.1, 0.15) is 47.9 Å². The molecule has 2 heterocycles. The van der Waals surface area contributed by atoms with Crippen LogP contribution in [0.4, 0.5) is 0 Å². The number of rotatable bonds is 16. The molecule has 0 saturated carbocycles. The maximum absolute atomic E-state index is 11.9. The van der Waals surface area contributed by atoms with E-state index in [1.807, 2.05) is 84.9 Å². The van der Waals surface area contributed by atoms with Gasteiger partial charge < -0.3 is 9.47 Å². The molecule has 2 aromatic heterocycles. The van der Waals surface area contributed by atoms with Crippen molar-refractivity contribution in [2.24, 2.45) is 0 Å². The number of hydrogen-bond acceptors (Lipinski definition) is 8. The Bertz CT molecular complexity index is 2320. The molecule has 0 radical (unpaired) electrons. The Morgan fingerprint density at radius 1 is 0.407 bits per heavy atom. The predicted octanol–water partition coefficient (Wildman–Crippen LogP) is 3.49. The molecular formula is C40H38N6O8. The largest absolute Gasteiger partial charge is 0.494 e. The highest BCUT2D eigenvalue weighted by atomic mass is 16.5. The minimum atomic E-state index is -0.829. The Morgan fingerprint density at radius 2 is 0.722 bits per heavy atom. The Kier molecular flexibility index (Phi) is 11.9. The van der Waals surface area contributed by atoms with Crippen LogP contribution in [0.3, 0.4) is 0 Å². The fraction of sp³-hybridized carbons (Fsp3) is 0.200. The lowest BCUT2D eigenvalue weighted by molar-refractivity contribution is 0.302. The molecular weight excluding hydrogens is 692 g/mol. The minimum absolute atomic E-state index is 0.153. The normalized spacial score (nSPS) is 11.6. The first-order valence-corrected chi connectivity index (χ1v) is 17.5. The van der Waals surface area contributed by atoms with Gasteiger partial charge in [-0.15, -0.1) is 0 Å². The van der Waals surface area contributed by atoms with Crippen LogP contribution in [0, 0.1) is 0 Å². The van der Waals surface area contributed by atoms with Gasteiger partial charge in [0.25, 0.3) is 0 Å². The van der Waals surface area contributed by atoms with E-state index in [2.05, 4.69) is 44.2 Å². The molecule has 0 aliphatic heterocycles. The van der Waals surface area contributed by atoms with Crippen LogP contribution in [-0.4, -0.2) is 42.3 Å². The van der Waals surface area contributed by atoms with Crippen LogP contribution in [0.5, 0.6) is 11.5 Å². The fourth-order valence-corrected chi connectivity index (χ4v) is 5.99. The Hall–Kier alpha value is -6.96. The number of nitrogens with zero attached hydrogens (tertiary/aromatic N) is 2. The van der Waals surface area contributed by atoms with Crippen LogP contribution in [0.2, 0.25) is 0 Å². The summed E-state index contributed by atoms with van der Waals surface area (Å²) in [5.41, 5.74) is 1.42. The van der Waals surface area contributed by atoms with Crippen molar-refractivity contribution in [3.8, 4) is 11.5 Å². The lowest BCUT2D eigenvalue weighted by Crippen LogP contribution is -2.43. The average molecular weight is 731 g/mol. The summed E-state index contributed by atoms with van der Waals surface area (Å²) in [6.07, 6.45) is 2.17. The maximum Gasteiger partial charge on any atom is 0.333 e. The number of nitrogens with one attached hydrogen (secondary N) is 4. The number of H-pyrrole nitrogens is 4. The zero-order valence-electron chi connectivity index (χ0n) is 29.2. The molecule has 4 aromatic carbocycles. The number of aromatic nitrogens is 6. The molecule has 6 aromatic rings. The van der Waals surface area contributed by atoms with Crippen LogP contribution in [0.15, 0.2) is 138 Å². The van der Waals surface area contributed by atoms with E-state index in [9.17, 15) is 28.8 Å². The molecule has 0 amide bonds. The van der Waals surface area contributed by atoms with E-state index in [-0.39, 0.29) is 13.1 Å². The smallest absolute Gasteiger partial charge is 0.333 e. The van der Waals surface area contributed by atoms with E-state index in [4.69, 9.17) is 9.47 Å². The SMILES string of the molecule is O=c1[nH]c(=O)n(CCCCOc2ccc(/C(=C(\c3ccccc3)c3ccc(OCCCCn4c(=O)[nH]c(=O)[nH]c4=O)cc3)c3ccccc3)cc2)c(=O)[nH]1. The number of ether oxygens (including phenoxy) is 2. The van der Waals surface area contributed by atoms with Crippen molar-refractivity contribution < 1.29 is 9.47 Å². The molecule has 4 N–H and O–H groups in total. The molecule has 0 atom stereocenters. The van der Waals surface area contributed by atoms with Crippen molar-refractivity contribution in [3.63, 3.8) is 0 Å². The van der Waals surface area contributed by atoms with Gasteiger partial charge in [0.1, 0.15) is 11.5 Å². The topological polar surface area (TPSA) is 194 Å². The van der Waals surface area contributed by atoms with E-state index in [0.29, 0.717) is 50.4 Å². The zero-order chi connectivity index (χ0) is 37.9. The average Bonchev–Trinajstić information content (AvgIpc) is 3.16. The zero-order valence-corrected chi connectivity index (χ0v) is 29.2. The number of unbranched alkanes of at least 4 members (excludes halogenated alkanes) is 2. The summed E-state index contributed by atoms with van der Waals surface area (Å²) in [6, 6.07) is 36.0. The monoisotopic (exact) mass is 730 g/mol. The minimum Gasteiger partial charge on any atom is -0.494 e.